The minimum Gasteiger partial charge on any atom is -0.381 e. The number of likely N-dealkylation sites (tertiary alicyclic amines) is 1. The number of nitrogens with zero attached hydrogens (tertiary/aromatic N) is 5. The fourth-order valence-electron chi connectivity index (χ4n) is 4.09. The molecule has 8 nitrogen and oxygen atoms in total. The van der Waals surface area contributed by atoms with Gasteiger partial charge in [-0.2, -0.15) is 5.10 Å². The molecule has 0 saturated carbocycles. The Kier molecular flexibility index (Phi) is 6.95. The lowest BCUT2D eigenvalue weighted by atomic mass is 9.97. The molecule has 3 heterocycles. The maximum atomic E-state index is 5.97. The number of ether oxygens (including phenoxy) is 2. The summed E-state index contributed by atoms with van der Waals surface area (Å²) in [7, 11) is 5.61. The van der Waals surface area contributed by atoms with Crippen LogP contribution >= 0.6 is 0 Å². The highest BCUT2D eigenvalue weighted by Gasteiger charge is 2.32. The van der Waals surface area contributed by atoms with E-state index in [1.165, 1.54) is 0 Å². The molecule has 0 aliphatic carbocycles. The first-order chi connectivity index (χ1) is 13.4. The standard InChI is InChI=1S/C20H36N6O2/c1-20(2,26-8-6-17(27-5)7-9-26)15-22-19(21-3)25-10-11-28-18(14-25)16-12-23-24(4)13-16/h12-13,17-18H,6-11,14-15H2,1-5H3,(H,21,22). The van der Waals surface area contributed by atoms with Crippen molar-refractivity contribution in [2.75, 3.05) is 53.5 Å². The van der Waals surface area contributed by atoms with E-state index in [2.05, 4.69) is 39.1 Å². The summed E-state index contributed by atoms with van der Waals surface area (Å²) >= 11 is 0. The van der Waals surface area contributed by atoms with E-state index in [9.17, 15) is 0 Å². The quantitative estimate of drug-likeness (QED) is 0.601. The fourth-order valence-corrected chi connectivity index (χ4v) is 4.09. The largest absolute Gasteiger partial charge is 0.381 e. The molecule has 0 amide bonds. The van der Waals surface area contributed by atoms with Crippen LogP contribution in [0.4, 0.5) is 0 Å². The second-order valence-corrected chi connectivity index (χ2v) is 8.39. The van der Waals surface area contributed by atoms with Gasteiger partial charge in [0.05, 0.1) is 25.5 Å². The SMILES string of the molecule is CN=C(NCC(C)(C)N1CCC(OC)CC1)N1CCOC(c2cnn(C)c2)C1. The van der Waals surface area contributed by atoms with Crippen LogP contribution in [0.1, 0.15) is 38.4 Å². The minimum atomic E-state index is 0.0297. The summed E-state index contributed by atoms with van der Waals surface area (Å²) in [5.41, 5.74) is 1.17. The molecule has 0 spiro atoms. The molecule has 0 radical (unpaired) electrons. The summed E-state index contributed by atoms with van der Waals surface area (Å²) in [6.07, 6.45) is 6.55. The van der Waals surface area contributed by atoms with E-state index in [4.69, 9.17) is 9.47 Å². The lowest BCUT2D eigenvalue weighted by Gasteiger charge is -2.43. The summed E-state index contributed by atoms with van der Waals surface area (Å²) in [5, 5.41) is 7.88. The Bertz CT molecular complexity index is 651. The summed E-state index contributed by atoms with van der Waals surface area (Å²) in [6.45, 7) is 9.93. The molecule has 158 valence electrons. The zero-order valence-electron chi connectivity index (χ0n) is 18.0. The Morgan fingerprint density at radius 2 is 2.11 bits per heavy atom. The molecular formula is C20H36N6O2. The third-order valence-corrected chi connectivity index (χ3v) is 5.98. The minimum absolute atomic E-state index is 0.0297. The van der Waals surface area contributed by atoms with Crippen molar-refractivity contribution in [3.63, 3.8) is 0 Å². The van der Waals surface area contributed by atoms with Crippen molar-refractivity contribution in [1.29, 1.82) is 0 Å². The van der Waals surface area contributed by atoms with Crippen LogP contribution in [0.25, 0.3) is 0 Å². The number of aliphatic imine (C=N–C) groups is 1. The predicted octanol–water partition coefficient (Wildman–Crippen LogP) is 1.26. The number of nitrogens with one attached hydrogen (secondary N) is 1. The Morgan fingerprint density at radius 3 is 2.71 bits per heavy atom. The number of aryl methyl sites for hydroxylation is 1. The Labute approximate surface area is 168 Å². The topological polar surface area (TPSA) is 67.2 Å². The van der Waals surface area contributed by atoms with Crippen molar-refractivity contribution in [2.24, 2.45) is 12.0 Å². The molecule has 1 aromatic heterocycles. The molecule has 1 N–H and O–H groups in total. The molecule has 2 fully saturated rings. The number of guanidine groups is 1. The van der Waals surface area contributed by atoms with Gasteiger partial charge in [0.25, 0.3) is 0 Å². The number of rotatable bonds is 5. The average Bonchev–Trinajstić information content (AvgIpc) is 3.15. The van der Waals surface area contributed by atoms with Crippen molar-refractivity contribution < 1.29 is 9.47 Å². The monoisotopic (exact) mass is 392 g/mol. The zero-order chi connectivity index (χ0) is 20.1. The number of aromatic nitrogens is 2. The maximum absolute atomic E-state index is 5.97. The van der Waals surface area contributed by atoms with Crippen LogP contribution in [0.3, 0.4) is 0 Å². The summed E-state index contributed by atoms with van der Waals surface area (Å²) in [6, 6.07) is 0. The molecule has 0 bridgehead atoms. The molecule has 2 aliphatic heterocycles. The first-order valence-corrected chi connectivity index (χ1v) is 10.3. The van der Waals surface area contributed by atoms with Crippen LogP contribution in [-0.4, -0.2) is 90.7 Å². The van der Waals surface area contributed by atoms with Gasteiger partial charge in [0, 0.05) is 64.7 Å². The van der Waals surface area contributed by atoms with Crippen molar-refractivity contribution in [3.8, 4) is 0 Å². The third-order valence-electron chi connectivity index (χ3n) is 5.98. The first kappa shape index (κ1) is 21.1. The van der Waals surface area contributed by atoms with Crippen molar-refractivity contribution >= 4 is 5.96 Å². The van der Waals surface area contributed by atoms with E-state index in [1.54, 1.807) is 0 Å². The molecule has 1 atom stereocenters. The van der Waals surface area contributed by atoms with Crippen LogP contribution < -0.4 is 5.32 Å². The van der Waals surface area contributed by atoms with Gasteiger partial charge in [0.2, 0.25) is 0 Å². The Balaban J connectivity index is 1.55. The molecule has 28 heavy (non-hydrogen) atoms. The smallest absolute Gasteiger partial charge is 0.193 e. The van der Waals surface area contributed by atoms with Crippen LogP contribution in [0.5, 0.6) is 0 Å². The molecule has 2 saturated heterocycles. The van der Waals surface area contributed by atoms with Gasteiger partial charge >= 0.3 is 0 Å². The van der Waals surface area contributed by atoms with Gasteiger partial charge < -0.3 is 19.7 Å². The number of morpholine rings is 1. The molecule has 1 unspecified atom stereocenters. The summed E-state index contributed by atoms with van der Waals surface area (Å²) in [5.74, 6) is 0.942. The molecule has 2 aliphatic rings. The first-order valence-electron chi connectivity index (χ1n) is 10.3. The van der Waals surface area contributed by atoms with E-state index in [0.29, 0.717) is 12.7 Å². The van der Waals surface area contributed by atoms with Gasteiger partial charge in [0.1, 0.15) is 6.10 Å². The van der Waals surface area contributed by atoms with Crippen LogP contribution in [-0.2, 0) is 16.5 Å². The number of hydrogen-bond acceptors (Lipinski definition) is 5. The van der Waals surface area contributed by atoms with Crippen LogP contribution in [0.15, 0.2) is 17.4 Å². The molecule has 0 aromatic carbocycles. The van der Waals surface area contributed by atoms with Gasteiger partial charge in [-0.15, -0.1) is 0 Å². The normalized spacial score (nSPS) is 23.2. The van der Waals surface area contributed by atoms with E-state index in [1.807, 2.05) is 38.3 Å². The fraction of sp³-hybridized carbons (Fsp3) is 0.800. The molecule has 1 aromatic rings. The zero-order valence-corrected chi connectivity index (χ0v) is 18.0. The van der Waals surface area contributed by atoms with E-state index in [-0.39, 0.29) is 11.6 Å². The lowest BCUT2D eigenvalue weighted by Crippen LogP contribution is -2.57. The highest BCUT2D eigenvalue weighted by atomic mass is 16.5. The Hall–Kier alpha value is -1.64. The van der Waals surface area contributed by atoms with Crippen molar-refractivity contribution in [2.45, 2.75) is 44.4 Å². The molecule has 8 heteroatoms. The van der Waals surface area contributed by atoms with Crippen LogP contribution in [0, 0.1) is 0 Å². The van der Waals surface area contributed by atoms with Crippen molar-refractivity contribution in [1.82, 2.24) is 24.9 Å². The molecule has 3 rings (SSSR count). The average molecular weight is 393 g/mol. The third kappa shape index (κ3) is 5.04. The number of methoxy groups -OCH3 is 1. The van der Waals surface area contributed by atoms with Gasteiger partial charge in [-0.05, 0) is 26.7 Å². The van der Waals surface area contributed by atoms with E-state index >= 15 is 0 Å². The van der Waals surface area contributed by atoms with E-state index in [0.717, 1.165) is 57.1 Å². The molecular weight excluding hydrogens is 356 g/mol. The summed E-state index contributed by atoms with van der Waals surface area (Å²) < 4.78 is 13.3. The van der Waals surface area contributed by atoms with Gasteiger partial charge in [-0.25, -0.2) is 0 Å². The van der Waals surface area contributed by atoms with E-state index < -0.39 is 0 Å². The number of hydrogen-bond donors (Lipinski definition) is 1. The highest BCUT2D eigenvalue weighted by molar-refractivity contribution is 5.80. The number of piperidine rings is 1. The second-order valence-electron chi connectivity index (χ2n) is 8.39. The van der Waals surface area contributed by atoms with Gasteiger partial charge in [-0.1, -0.05) is 0 Å². The predicted molar refractivity (Wildman–Crippen MR) is 111 cm³/mol. The Morgan fingerprint density at radius 1 is 1.36 bits per heavy atom. The second kappa shape index (κ2) is 9.24. The van der Waals surface area contributed by atoms with Crippen LogP contribution in [0.2, 0.25) is 0 Å². The lowest BCUT2D eigenvalue weighted by molar-refractivity contribution is -0.00905. The van der Waals surface area contributed by atoms with Crippen molar-refractivity contribution in [3.05, 3.63) is 18.0 Å². The maximum Gasteiger partial charge on any atom is 0.193 e. The van der Waals surface area contributed by atoms with Gasteiger partial charge in [0.15, 0.2) is 5.96 Å². The highest BCUT2D eigenvalue weighted by Crippen LogP contribution is 2.23. The van der Waals surface area contributed by atoms with Gasteiger partial charge in [-0.3, -0.25) is 14.6 Å². The summed E-state index contributed by atoms with van der Waals surface area (Å²) in [4.78, 5) is 9.38.